The van der Waals surface area contributed by atoms with Gasteiger partial charge in [-0.2, -0.15) is 0 Å². The number of alkyl carbamates (subject to hydrolysis) is 1. The van der Waals surface area contributed by atoms with Crippen LogP contribution in [0.15, 0.2) is 48.9 Å². The summed E-state index contributed by atoms with van der Waals surface area (Å²) in [5.41, 5.74) is 0.974. The van der Waals surface area contributed by atoms with E-state index >= 15 is 0 Å². The van der Waals surface area contributed by atoms with Gasteiger partial charge in [-0.1, -0.05) is 41.9 Å². The molecule has 0 saturated heterocycles. The van der Waals surface area contributed by atoms with Gasteiger partial charge in [0.1, 0.15) is 17.6 Å². The van der Waals surface area contributed by atoms with Crippen molar-refractivity contribution in [3.05, 3.63) is 65.5 Å². The predicted octanol–water partition coefficient (Wildman–Crippen LogP) is 3.54. The van der Waals surface area contributed by atoms with E-state index in [4.69, 9.17) is 16.3 Å². The van der Waals surface area contributed by atoms with Gasteiger partial charge < -0.3 is 10.1 Å². The monoisotopic (exact) mass is 344 g/mol. The average molecular weight is 345 g/mol. The van der Waals surface area contributed by atoms with E-state index in [0.717, 1.165) is 11.1 Å². The summed E-state index contributed by atoms with van der Waals surface area (Å²) in [6.45, 7) is 3.90. The molecule has 1 N–H and O–H groups in total. The molecule has 6 nitrogen and oxygen atoms in total. The third-order valence-corrected chi connectivity index (χ3v) is 3.76. The number of carbonyl (C=O) groups is 1. The molecule has 24 heavy (non-hydrogen) atoms. The fraction of sp³-hybridized carbons (Fsp3) is 0.235. The van der Waals surface area contributed by atoms with Crippen molar-refractivity contribution in [3.8, 4) is 0 Å². The number of aromatic nitrogens is 3. The number of ether oxygens (including phenoxy) is 1. The van der Waals surface area contributed by atoms with E-state index in [1.807, 2.05) is 44.2 Å². The second-order valence-corrected chi connectivity index (χ2v) is 6.29. The van der Waals surface area contributed by atoms with Crippen molar-refractivity contribution in [3.63, 3.8) is 0 Å². The largest absolute Gasteiger partial charge is 0.445 e. The van der Waals surface area contributed by atoms with Gasteiger partial charge in [-0.05, 0) is 19.4 Å². The summed E-state index contributed by atoms with van der Waals surface area (Å²) < 4.78 is 7.07. The molecule has 0 radical (unpaired) electrons. The smallest absolute Gasteiger partial charge is 0.408 e. The van der Waals surface area contributed by atoms with Gasteiger partial charge in [-0.15, -0.1) is 0 Å². The lowest BCUT2D eigenvalue weighted by Gasteiger charge is -2.24. The SMILES string of the molecule is CC(C)(NC(=O)OCc1ccccc1)c1ncc2cnc(Cl)cn12. The van der Waals surface area contributed by atoms with Crippen molar-refractivity contribution in [2.75, 3.05) is 0 Å². The minimum atomic E-state index is -0.745. The summed E-state index contributed by atoms with van der Waals surface area (Å²) in [7, 11) is 0. The molecule has 3 rings (SSSR count). The highest BCUT2D eigenvalue weighted by atomic mass is 35.5. The van der Waals surface area contributed by atoms with Crippen LogP contribution in [-0.4, -0.2) is 20.5 Å². The molecular formula is C17H17ClN4O2. The highest BCUT2D eigenvalue weighted by Gasteiger charge is 2.28. The molecule has 0 atom stereocenters. The van der Waals surface area contributed by atoms with Crippen molar-refractivity contribution in [1.82, 2.24) is 19.7 Å². The number of carbonyl (C=O) groups excluding carboxylic acids is 1. The van der Waals surface area contributed by atoms with E-state index in [1.54, 1.807) is 23.0 Å². The number of halogens is 1. The van der Waals surface area contributed by atoms with Gasteiger partial charge in [0.15, 0.2) is 0 Å². The third kappa shape index (κ3) is 3.49. The molecule has 3 aromatic rings. The Labute approximate surface area is 144 Å². The van der Waals surface area contributed by atoms with Crippen LogP contribution in [0.5, 0.6) is 0 Å². The molecule has 0 spiro atoms. The Kier molecular flexibility index (Phi) is 4.40. The van der Waals surface area contributed by atoms with Gasteiger partial charge >= 0.3 is 6.09 Å². The van der Waals surface area contributed by atoms with Crippen LogP contribution in [0.4, 0.5) is 4.79 Å². The number of amides is 1. The van der Waals surface area contributed by atoms with Crippen molar-refractivity contribution in [2.24, 2.45) is 0 Å². The van der Waals surface area contributed by atoms with E-state index in [-0.39, 0.29) is 6.61 Å². The Morgan fingerprint density at radius 2 is 1.96 bits per heavy atom. The maximum atomic E-state index is 12.1. The molecule has 0 bridgehead atoms. The molecule has 0 unspecified atom stereocenters. The number of benzene rings is 1. The van der Waals surface area contributed by atoms with Crippen molar-refractivity contribution >= 4 is 23.2 Å². The normalized spacial score (nSPS) is 11.5. The van der Waals surface area contributed by atoms with Gasteiger partial charge in [0.05, 0.1) is 23.4 Å². The van der Waals surface area contributed by atoms with Crippen molar-refractivity contribution in [1.29, 1.82) is 0 Å². The van der Waals surface area contributed by atoms with Gasteiger partial charge in [0.25, 0.3) is 0 Å². The molecule has 1 amide bonds. The number of rotatable bonds is 4. The Morgan fingerprint density at radius 3 is 2.71 bits per heavy atom. The lowest BCUT2D eigenvalue weighted by atomic mass is 10.1. The lowest BCUT2D eigenvalue weighted by Crippen LogP contribution is -2.42. The van der Waals surface area contributed by atoms with Crippen LogP contribution in [-0.2, 0) is 16.9 Å². The molecule has 2 heterocycles. The zero-order valence-corrected chi connectivity index (χ0v) is 14.1. The van der Waals surface area contributed by atoms with E-state index in [0.29, 0.717) is 11.0 Å². The fourth-order valence-electron chi connectivity index (χ4n) is 2.41. The number of hydrogen-bond donors (Lipinski definition) is 1. The molecular weight excluding hydrogens is 328 g/mol. The molecule has 0 saturated carbocycles. The molecule has 0 fully saturated rings. The Morgan fingerprint density at radius 1 is 1.25 bits per heavy atom. The molecule has 1 aromatic carbocycles. The fourth-order valence-corrected chi connectivity index (χ4v) is 2.55. The average Bonchev–Trinajstić information content (AvgIpc) is 2.97. The molecule has 7 heteroatoms. The maximum Gasteiger partial charge on any atom is 0.408 e. The van der Waals surface area contributed by atoms with Gasteiger partial charge in [0.2, 0.25) is 0 Å². The van der Waals surface area contributed by atoms with Crippen LogP contribution in [0.3, 0.4) is 0 Å². The highest BCUT2D eigenvalue weighted by Crippen LogP contribution is 2.21. The van der Waals surface area contributed by atoms with Crippen LogP contribution < -0.4 is 5.32 Å². The first-order valence-electron chi connectivity index (χ1n) is 7.44. The summed E-state index contributed by atoms with van der Waals surface area (Å²) in [6.07, 6.45) is 4.46. The van der Waals surface area contributed by atoms with Crippen molar-refractivity contribution in [2.45, 2.75) is 26.0 Å². The number of hydrogen-bond acceptors (Lipinski definition) is 4. The zero-order valence-electron chi connectivity index (χ0n) is 13.4. The zero-order chi connectivity index (χ0) is 17.2. The lowest BCUT2D eigenvalue weighted by molar-refractivity contribution is 0.128. The highest BCUT2D eigenvalue weighted by molar-refractivity contribution is 6.29. The summed E-state index contributed by atoms with van der Waals surface area (Å²) in [5.74, 6) is 0.637. The molecule has 2 aromatic heterocycles. The first kappa shape index (κ1) is 16.3. The van der Waals surface area contributed by atoms with Gasteiger partial charge in [-0.25, -0.2) is 14.8 Å². The van der Waals surface area contributed by atoms with E-state index in [1.165, 1.54) is 0 Å². The first-order valence-corrected chi connectivity index (χ1v) is 7.81. The summed E-state index contributed by atoms with van der Waals surface area (Å²) in [6, 6.07) is 9.51. The number of fused-ring (bicyclic) bond motifs is 1. The third-order valence-electron chi connectivity index (χ3n) is 3.57. The second kappa shape index (κ2) is 6.49. The Balaban J connectivity index is 1.72. The summed E-state index contributed by atoms with van der Waals surface area (Å²) in [5, 5.41) is 3.18. The predicted molar refractivity (Wildman–Crippen MR) is 90.8 cm³/mol. The Hall–Kier alpha value is -2.60. The molecule has 124 valence electrons. The molecule has 0 aliphatic rings. The van der Waals surface area contributed by atoms with Gasteiger partial charge in [0, 0.05) is 6.20 Å². The van der Waals surface area contributed by atoms with E-state index in [9.17, 15) is 4.79 Å². The molecule has 0 aliphatic heterocycles. The first-order chi connectivity index (χ1) is 11.5. The second-order valence-electron chi connectivity index (χ2n) is 5.90. The molecule has 0 aliphatic carbocycles. The van der Waals surface area contributed by atoms with Crippen molar-refractivity contribution < 1.29 is 9.53 Å². The van der Waals surface area contributed by atoms with Gasteiger partial charge in [-0.3, -0.25) is 4.40 Å². The topological polar surface area (TPSA) is 68.5 Å². The van der Waals surface area contributed by atoms with Crippen LogP contribution in [0.2, 0.25) is 5.15 Å². The van der Waals surface area contributed by atoms with E-state index < -0.39 is 11.6 Å². The number of nitrogens with zero attached hydrogens (tertiary/aromatic N) is 3. The number of nitrogens with one attached hydrogen (secondary N) is 1. The summed E-state index contributed by atoms with van der Waals surface area (Å²) in [4.78, 5) is 20.5. The quantitative estimate of drug-likeness (QED) is 0.786. The number of imidazole rings is 1. The van der Waals surface area contributed by atoms with Crippen LogP contribution in [0.25, 0.3) is 5.52 Å². The van der Waals surface area contributed by atoms with E-state index in [2.05, 4.69) is 15.3 Å². The van der Waals surface area contributed by atoms with Crippen LogP contribution in [0.1, 0.15) is 25.2 Å². The van der Waals surface area contributed by atoms with Crippen LogP contribution in [0, 0.1) is 0 Å². The Bertz CT molecular complexity index is 861. The maximum absolute atomic E-state index is 12.1. The standard InChI is InChI=1S/C17H17ClN4O2/c1-17(2,15-20-9-13-8-19-14(18)10-22(13)15)21-16(23)24-11-12-6-4-3-5-7-12/h3-10H,11H2,1-2H3,(H,21,23). The van der Waals surface area contributed by atoms with Crippen LogP contribution >= 0.6 is 11.6 Å². The minimum Gasteiger partial charge on any atom is -0.445 e. The minimum absolute atomic E-state index is 0.209. The summed E-state index contributed by atoms with van der Waals surface area (Å²) >= 11 is 5.95.